The van der Waals surface area contributed by atoms with Gasteiger partial charge in [0.05, 0.1) is 29.7 Å². The Bertz CT molecular complexity index is 892. The van der Waals surface area contributed by atoms with Crippen molar-refractivity contribution in [3.05, 3.63) is 34.6 Å². The van der Waals surface area contributed by atoms with Crippen molar-refractivity contribution in [2.75, 3.05) is 7.11 Å². The molecule has 0 saturated heterocycles. The summed E-state index contributed by atoms with van der Waals surface area (Å²) in [6.45, 7) is 1.94. The van der Waals surface area contributed by atoms with Crippen LogP contribution in [-0.2, 0) is 20.9 Å². The molecule has 1 N–H and O–H groups in total. The fourth-order valence-corrected chi connectivity index (χ4v) is 3.44. The SMILES string of the molecule is COC(=O)CCn1c(S[C@H](C)C(=O)NC2CC2)nc2ccccc2c1=O. The Hall–Kier alpha value is -2.35. The molecule has 1 aromatic carbocycles. The number of nitrogens with zero attached hydrogens (tertiary/aromatic N) is 2. The van der Waals surface area contributed by atoms with Crippen molar-refractivity contribution >= 4 is 34.5 Å². The van der Waals surface area contributed by atoms with Crippen molar-refractivity contribution in [3.63, 3.8) is 0 Å². The number of nitrogens with one attached hydrogen (secondary N) is 1. The van der Waals surface area contributed by atoms with Crippen LogP contribution in [0.3, 0.4) is 0 Å². The molecule has 1 saturated carbocycles. The van der Waals surface area contributed by atoms with Crippen molar-refractivity contribution in [1.29, 1.82) is 0 Å². The zero-order chi connectivity index (χ0) is 18.7. The van der Waals surface area contributed by atoms with Gasteiger partial charge in [0.2, 0.25) is 5.91 Å². The van der Waals surface area contributed by atoms with E-state index >= 15 is 0 Å². The molecule has 1 heterocycles. The predicted molar refractivity (Wildman–Crippen MR) is 99.1 cm³/mol. The van der Waals surface area contributed by atoms with Crippen LogP contribution in [-0.4, -0.2) is 39.8 Å². The summed E-state index contributed by atoms with van der Waals surface area (Å²) in [5, 5.41) is 3.47. The number of fused-ring (bicyclic) bond motifs is 1. The molecule has 1 aromatic heterocycles. The van der Waals surface area contributed by atoms with Gasteiger partial charge in [-0.25, -0.2) is 4.98 Å². The number of methoxy groups -OCH3 is 1. The number of amides is 1. The number of thioether (sulfide) groups is 1. The molecule has 0 spiro atoms. The standard InChI is InChI=1S/C18H21N3O4S/c1-11(16(23)19-12-7-8-12)26-18-20-14-6-4-3-5-13(14)17(24)21(18)10-9-15(22)25-2/h3-6,11-12H,7-10H2,1-2H3,(H,19,23)/t11-/m1/s1. The van der Waals surface area contributed by atoms with Crippen molar-refractivity contribution in [2.24, 2.45) is 0 Å². The van der Waals surface area contributed by atoms with E-state index in [1.165, 1.54) is 23.4 Å². The van der Waals surface area contributed by atoms with E-state index in [4.69, 9.17) is 0 Å². The third-order valence-corrected chi connectivity index (χ3v) is 5.26. The molecular weight excluding hydrogens is 354 g/mol. The van der Waals surface area contributed by atoms with Gasteiger partial charge in [-0.05, 0) is 31.9 Å². The lowest BCUT2D eigenvalue weighted by Crippen LogP contribution is -2.33. The largest absolute Gasteiger partial charge is 0.469 e. The Kier molecular flexibility index (Phi) is 5.61. The quantitative estimate of drug-likeness (QED) is 0.450. The number of carbonyl (C=O) groups is 2. The number of hydrogen-bond acceptors (Lipinski definition) is 6. The van der Waals surface area contributed by atoms with E-state index in [0.29, 0.717) is 16.1 Å². The van der Waals surface area contributed by atoms with Gasteiger partial charge in [-0.2, -0.15) is 0 Å². The molecule has 8 heteroatoms. The maximum absolute atomic E-state index is 12.8. The van der Waals surface area contributed by atoms with Gasteiger partial charge in [0.15, 0.2) is 5.16 Å². The Balaban J connectivity index is 1.91. The molecule has 26 heavy (non-hydrogen) atoms. The fraction of sp³-hybridized carbons (Fsp3) is 0.444. The lowest BCUT2D eigenvalue weighted by Gasteiger charge is -2.16. The molecule has 7 nitrogen and oxygen atoms in total. The molecule has 138 valence electrons. The molecule has 0 radical (unpaired) electrons. The number of ether oxygens (including phenoxy) is 1. The zero-order valence-electron chi connectivity index (χ0n) is 14.7. The van der Waals surface area contributed by atoms with Crippen LogP contribution in [0.1, 0.15) is 26.2 Å². The minimum Gasteiger partial charge on any atom is -0.469 e. The van der Waals surface area contributed by atoms with E-state index in [1.807, 2.05) is 6.07 Å². The molecule has 1 aliphatic rings. The van der Waals surface area contributed by atoms with E-state index in [2.05, 4.69) is 15.0 Å². The number of para-hydroxylation sites is 1. The summed E-state index contributed by atoms with van der Waals surface area (Å²) in [7, 11) is 1.31. The van der Waals surface area contributed by atoms with E-state index in [0.717, 1.165) is 12.8 Å². The van der Waals surface area contributed by atoms with Crippen LogP contribution in [0.25, 0.3) is 10.9 Å². The van der Waals surface area contributed by atoms with E-state index in [-0.39, 0.29) is 30.5 Å². The fourth-order valence-electron chi connectivity index (χ4n) is 2.50. The maximum Gasteiger partial charge on any atom is 0.307 e. The molecular formula is C18H21N3O4S. The molecule has 1 atom stereocenters. The van der Waals surface area contributed by atoms with Crippen LogP contribution in [0.2, 0.25) is 0 Å². The molecule has 2 aromatic rings. The maximum atomic E-state index is 12.8. The van der Waals surface area contributed by atoms with Crippen LogP contribution in [0, 0.1) is 0 Å². The van der Waals surface area contributed by atoms with Crippen LogP contribution in [0.15, 0.2) is 34.2 Å². The highest BCUT2D eigenvalue weighted by Gasteiger charge is 2.27. The Morgan fingerprint density at radius 1 is 1.38 bits per heavy atom. The molecule has 1 fully saturated rings. The van der Waals surface area contributed by atoms with Crippen molar-refractivity contribution in [2.45, 2.75) is 49.2 Å². The lowest BCUT2D eigenvalue weighted by atomic mass is 10.2. The number of rotatable bonds is 7. The monoisotopic (exact) mass is 375 g/mol. The van der Waals surface area contributed by atoms with Gasteiger partial charge in [0.1, 0.15) is 0 Å². The summed E-state index contributed by atoms with van der Waals surface area (Å²) in [4.78, 5) is 41.1. The number of esters is 1. The van der Waals surface area contributed by atoms with Gasteiger partial charge in [0, 0.05) is 12.6 Å². The molecule has 3 rings (SSSR count). The Morgan fingerprint density at radius 3 is 2.81 bits per heavy atom. The molecule has 0 bridgehead atoms. The summed E-state index contributed by atoms with van der Waals surface area (Å²) in [6.07, 6.45) is 2.09. The third-order valence-electron chi connectivity index (χ3n) is 4.17. The summed E-state index contributed by atoms with van der Waals surface area (Å²) < 4.78 is 6.11. The number of aromatic nitrogens is 2. The number of hydrogen-bond donors (Lipinski definition) is 1. The average molecular weight is 375 g/mol. The van der Waals surface area contributed by atoms with Gasteiger partial charge in [0.25, 0.3) is 5.56 Å². The van der Waals surface area contributed by atoms with Crippen molar-refractivity contribution in [1.82, 2.24) is 14.9 Å². The Morgan fingerprint density at radius 2 is 2.12 bits per heavy atom. The molecule has 0 unspecified atom stereocenters. The van der Waals surface area contributed by atoms with Crippen LogP contribution < -0.4 is 10.9 Å². The van der Waals surface area contributed by atoms with Crippen LogP contribution in [0.4, 0.5) is 0 Å². The summed E-state index contributed by atoms with van der Waals surface area (Å²) in [6, 6.07) is 7.33. The minimum atomic E-state index is -0.402. The van der Waals surface area contributed by atoms with Crippen LogP contribution in [0.5, 0.6) is 0 Å². The van der Waals surface area contributed by atoms with Gasteiger partial charge in [-0.15, -0.1) is 0 Å². The average Bonchev–Trinajstić information content (AvgIpc) is 3.45. The predicted octanol–water partition coefficient (Wildman–Crippen LogP) is 1.72. The highest BCUT2D eigenvalue weighted by Crippen LogP contribution is 2.25. The summed E-state index contributed by atoms with van der Waals surface area (Å²) in [5.74, 6) is -0.472. The normalized spacial score (nSPS) is 14.8. The third kappa shape index (κ3) is 4.24. The highest BCUT2D eigenvalue weighted by atomic mass is 32.2. The van der Waals surface area contributed by atoms with Gasteiger partial charge >= 0.3 is 5.97 Å². The smallest absolute Gasteiger partial charge is 0.307 e. The molecule has 0 aliphatic heterocycles. The van der Waals surface area contributed by atoms with E-state index in [9.17, 15) is 14.4 Å². The first kappa shape index (κ1) is 18.4. The first-order valence-corrected chi connectivity index (χ1v) is 9.41. The lowest BCUT2D eigenvalue weighted by molar-refractivity contribution is -0.140. The molecule has 1 aliphatic carbocycles. The van der Waals surface area contributed by atoms with Gasteiger partial charge < -0.3 is 10.1 Å². The second-order valence-corrected chi connectivity index (χ2v) is 7.55. The summed E-state index contributed by atoms with van der Waals surface area (Å²) >= 11 is 1.22. The van der Waals surface area contributed by atoms with Crippen molar-refractivity contribution < 1.29 is 14.3 Å². The second-order valence-electron chi connectivity index (χ2n) is 6.24. The van der Waals surface area contributed by atoms with Gasteiger partial charge in [-0.3, -0.25) is 19.0 Å². The van der Waals surface area contributed by atoms with Crippen molar-refractivity contribution in [3.8, 4) is 0 Å². The highest BCUT2D eigenvalue weighted by molar-refractivity contribution is 8.00. The second kappa shape index (κ2) is 7.90. The first-order chi connectivity index (χ1) is 12.5. The Labute approximate surface area is 155 Å². The number of carbonyl (C=O) groups excluding carboxylic acids is 2. The first-order valence-electron chi connectivity index (χ1n) is 8.53. The minimum absolute atomic E-state index is 0.0621. The molecule has 1 amide bonds. The van der Waals surface area contributed by atoms with E-state index in [1.54, 1.807) is 25.1 Å². The number of benzene rings is 1. The van der Waals surface area contributed by atoms with E-state index < -0.39 is 11.2 Å². The summed E-state index contributed by atoms with van der Waals surface area (Å²) in [5.41, 5.74) is 0.348. The topological polar surface area (TPSA) is 90.3 Å². The van der Waals surface area contributed by atoms with Crippen LogP contribution >= 0.6 is 11.8 Å². The zero-order valence-corrected chi connectivity index (χ0v) is 15.5. The van der Waals surface area contributed by atoms with Gasteiger partial charge in [-0.1, -0.05) is 23.9 Å².